The molecule has 298 valence electrons. The monoisotopic (exact) mass is 766 g/mol. The molecule has 1 heterocycles. The molecular formula is C42H54N8O6. The van der Waals surface area contributed by atoms with Gasteiger partial charge in [-0.25, -0.2) is 0 Å². The third-order valence-electron chi connectivity index (χ3n) is 10.4. The van der Waals surface area contributed by atoms with E-state index in [4.69, 9.17) is 22.9 Å². The number of nitrogens with zero attached hydrogens (tertiary/aromatic N) is 3. The van der Waals surface area contributed by atoms with Crippen molar-refractivity contribution in [2.45, 2.75) is 49.9 Å². The van der Waals surface area contributed by atoms with Crippen molar-refractivity contribution in [3.8, 4) is 0 Å². The number of aliphatic carboxylic acids is 3. The Morgan fingerprint density at radius 3 is 1.09 bits per heavy atom. The number of hydrogen-bond acceptors (Lipinski definition) is 11. The Labute approximate surface area is 327 Å². The third-order valence-corrected chi connectivity index (χ3v) is 10.4. The minimum absolute atomic E-state index is 0.182. The lowest BCUT2D eigenvalue weighted by Gasteiger charge is -2.43. The average molecular weight is 767 g/mol. The van der Waals surface area contributed by atoms with Crippen molar-refractivity contribution >= 4 is 40.7 Å². The summed E-state index contributed by atoms with van der Waals surface area (Å²) in [6.45, 7) is 0.118. The molecule has 1 saturated heterocycles. The predicted molar refractivity (Wildman–Crippen MR) is 219 cm³/mol. The van der Waals surface area contributed by atoms with Crippen LogP contribution in [0.5, 0.6) is 0 Å². The van der Waals surface area contributed by atoms with E-state index in [1.807, 2.05) is 87.5 Å². The molecule has 14 nitrogen and oxygen atoms in total. The quantitative estimate of drug-likeness (QED) is 0.0862. The highest BCUT2D eigenvalue weighted by molar-refractivity contribution is 5.70. The minimum atomic E-state index is -1.05. The molecule has 4 atom stereocenters. The average Bonchev–Trinajstić information content (AvgIpc) is 3.14. The number of carboxylic acid groups (broad SMARTS) is 3. The molecule has 0 amide bonds. The zero-order chi connectivity index (χ0) is 40.2. The van der Waals surface area contributed by atoms with Gasteiger partial charge in [0.1, 0.15) is 0 Å². The summed E-state index contributed by atoms with van der Waals surface area (Å²) in [4.78, 5) is 43.7. The van der Waals surface area contributed by atoms with Gasteiger partial charge in [-0.2, -0.15) is 0 Å². The first kappa shape index (κ1) is 41.5. The van der Waals surface area contributed by atoms with Crippen molar-refractivity contribution < 1.29 is 29.7 Å². The maximum Gasteiger partial charge on any atom is 0.317 e. The van der Waals surface area contributed by atoms with Gasteiger partial charge in [-0.15, -0.1) is 0 Å². The molecule has 0 saturated carbocycles. The van der Waals surface area contributed by atoms with Gasteiger partial charge in [-0.1, -0.05) is 48.5 Å². The topological polar surface area (TPSA) is 238 Å². The lowest BCUT2D eigenvalue weighted by atomic mass is 9.96. The lowest BCUT2D eigenvalue weighted by Crippen LogP contribution is -2.60. The standard InChI is InChI=1S/C42H54N8O6/c43-32-9-1-28(2-10-32)17-36-22-48(25-40(51)52)38(19-30-5-13-34(45)14-6-30)24-50(27-42(55)56)39(20-31-7-15-35(46)16-8-31)23-49(26-41(53)54)37(21-47-36)18-29-3-11-33(44)12-4-29/h1-16,36-39,47H,17-27,43-46H2,(H,51,52)(H,53,54)(H,55,56)/t36-,37-,38-,39-/m0/s1. The predicted octanol–water partition coefficient (Wildman–Crippen LogP) is 2.52. The lowest BCUT2D eigenvalue weighted by molar-refractivity contribution is -0.142. The summed E-state index contributed by atoms with van der Waals surface area (Å²) in [7, 11) is 0. The van der Waals surface area contributed by atoms with Crippen molar-refractivity contribution in [1.29, 1.82) is 0 Å². The normalized spacial score (nSPS) is 20.4. The van der Waals surface area contributed by atoms with E-state index >= 15 is 0 Å². The molecule has 0 unspecified atom stereocenters. The van der Waals surface area contributed by atoms with Crippen LogP contribution in [0.15, 0.2) is 97.1 Å². The van der Waals surface area contributed by atoms with Crippen LogP contribution in [0.25, 0.3) is 0 Å². The maximum atomic E-state index is 12.7. The summed E-state index contributed by atoms with van der Waals surface area (Å²) in [5.74, 6) is -3.08. The summed E-state index contributed by atoms with van der Waals surface area (Å²) < 4.78 is 0. The Bertz CT molecular complexity index is 1860. The Kier molecular flexibility index (Phi) is 14.7. The molecule has 0 aliphatic carbocycles. The molecule has 0 aromatic heterocycles. The van der Waals surface area contributed by atoms with Gasteiger partial charge in [-0.05, 0) is 96.5 Å². The van der Waals surface area contributed by atoms with Crippen molar-refractivity contribution in [3.05, 3.63) is 119 Å². The molecule has 0 spiro atoms. The Balaban J connectivity index is 1.64. The van der Waals surface area contributed by atoms with E-state index in [2.05, 4.69) is 5.32 Å². The van der Waals surface area contributed by atoms with Gasteiger partial charge in [0.05, 0.1) is 19.6 Å². The number of nitrogens with two attached hydrogens (primary N) is 4. The third kappa shape index (κ3) is 13.0. The Hall–Kier alpha value is -5.67. The molecule has 14 heteroatoms. The molecule has 5 rings (SSSR count). The molecule has 4 aromatic rings. The fourth-order valence-electron chi connectivity index (χ4n) is 7.54. The van der Waals surface area contributed by atoms with Crippen molar-refractivity contribution in [2.24, 2.45) is 0 Å². The summed E-state index contributed by atoms with van der Waals surface area (Å²) in [5, 5.41) is 34.8. The number of benzene rings is 4. The Morgan fingerprint density at radius 1 is 0.464 bits per heavy atom. The van der Waals surface area contributed by atoms with Gasteiger partial charge in [0.2, 0.25) is 0 Å². The number of rotatable bonds is 14. The highest BCUT2D eigenvalue weighted by Crippen LogP contribution is 2.22. The van der Waals surface area contributed by atoms with E-state index in [0.717, 1.165) is 22.3 Å². The van der Waals surface area contributed by atoms with Gasteiger partial charge < -0.3 is 43.6 Å². The van der Waals surface area contributed by atoms with E-state index < -0.39 is 30.0 Å². The highest BCUT2D eigenvalue weighted by atomic mass is 16.4. The molecule has 0 radical (unpaired) electrons. The second kappa shape index (κ2) is 19.8. The number of carbonyl (C=O) groups is 3. The maximum absolute atomic E-state index is 12.7. The van der Waals surface area contributed by atoms with Gasteiger partial charge in [0, 0.05) is 73.1 Å². The van der Waals surface area contributed by atoms with E-state index in [0.29, 0.717) is 61.5 Å². The zero-order valence-corrected chi connectivity index (χ0v) is 31.5. The summed E-state index contributed by atoms with van der Waals surface area (Å²) >= 11 is 0. The van der Waals surface area contributed by atoms with Crippen LogP contribution in [0.4, 0.5) is 22.7 Å². The smallest absolute Gasteiger partial charge is 0.317 e. The van der Waals surface area contributed by atoms with Crippen molar-refractivity contribution in [1.82, 2.24) is 20.0 Å². The van der Waals surface area contributed by atoms with Gasteiger partial charge in [0.25, 0.3) is 0 Å². The SMILES string of the molecule is Nc1ccc(C[C@H]2CN(CC(=O)O)[C@@H](Cc3ccc(N)cc3)CN(CC(=O)O)[C@@H](Cc3ccc(N)cc3)CN(CC(=O)O)[C@@H](Cc3ccc(N)cc3)CN2)cc1. The number of anilines is 4. The van der Waals surface area contributed by atoms with Crippen LogP contribution in [0.1, 0.15) is 22.3 Å². The van der Waals surface area contributed by atoms with Crippen molar-refractivity contribution in [2.75, 3.05) is 68.7 Å². The van der Waals surface area contributed by atoms with Crippen LogP contribution in [-0.2, 0) is 40.1 Å². The molecular weight excluding hydrogens is 713 g/mol. The fourth-order valence-corrected chi connectivity index (χ4v) is 7.54. The number of hydrogen-bond donors (Lipinski definition) is 8. The van der Waals surface area contributed by atoms with Crippen LogP contribution < -0.4 is 28.3 Å². The molecule has 12 N–H and O–H groups in total. The van der Waals surface area contributed by atoms with E-state index in [1.54, 1.807) is 24.3 Å². The van der Waals surface area contributed by atoms with Gasteiger partial charge in [0.15, 0.2) is 0 Å². The fraction of sp³-hybridized carbons (Fsp3) is 0.357. The molecule has 4 aromatic carbocycles. The number of carboxylic acids is 3. The van der Waals surface area contributed by atoms with E-state index in [1.165, 1.54) is 0 Å². The molecule has 56 heavy (non-hydrogen) atoms. The van der Waals surface area contributed by atoms with Gasteiger partial charge in [-0.3, -0.25) is 29.1 Å². The second-order valence-corrected chi connectivity index (χ2v) is 14.8. The molecule has 1 aliphatic rings. The summed E-state index contributed by atoms with van der Waals surface area (Å²) in [6, 6.07) is 28.2. The minimum Gasteiger partial charge on any atom is -0.480 e. The first-order valence-corrected chi connectivity index (χ1v) is 18.8. The van der Waals surface area contributed by atoms with E-state index in [-0.39, 0.29) is 44.8 Å². The largest absolute Gasteiger partial charge is 0.480 e. The van der Waals surface area contributed by atoms with Crippen LogP contribution in [0, 0.1) is 0 Å². The summed E-state index contributed by atoms with van der Waals surface area (Å²) in [6.07, 6.45) is 1.79. The van der Waals surface area contributed by atoms with Crippen LogP contribution in [0.3, 0.4) is 0 Å². The van der Waals surface area contributed by atoms with Crippen LogP contribution >= 0.6 is 0 Å². The number of nitrogens with one attached hydrogen (secondary N) is 1. The van der Waals surface area contributed by atoms with Crippen LogP contribution in [-0.4, -0.2) is 118 Å². The van der Waals surface area contributed by atoms with Gasteiger partial charge >= 0.3 is 17.9 Å². The van der Waals surface area contributed by atoms with E-state index in [9.17, 15) is 29.7 Å². The van der Waals surface area contributed by atoms with Crippen LogP contribution in [0.2, 0.25) is 0 Å². The first-order valence-electron chi connectivity index (χ1n) is 18.8. The molecule has 1 aliphatic heterocycles. The highest BCUT2D eigenvalue weighted by Gasteiger charge is 2.34. The Morgan fingerprint density at radius 2 is 0.750 bits per heavy atom. The second-order valence-electron chi connectivity index (χ2n) is 14.8. The van der Waals surface area contributed by atoms with Crippen molar-refractivity contribution in [3.63, 3.8) is 0 Å². The summed E-state index contributed by atoms with van der Waals surface area (Å²) in [5.41, 5.74) is 30.2. The molecule has 1 fully saturated rings. The first-order chi connectivity index (χ1) is 26.8. The number of nitrogen functional groups attached to an aromatic ring is 4. The molecule has 0 bridgehead atoms. The zero-order valence-electron chi connectivity index (χ0n) is 31.5.